The third-order valence-corrected chi connectivity index (χ3v) is 5.13. The second kappa shape index (κ2) is 8.83. The van der Waals surface area contributed by atoms with Crippen molar-refractivity contribution in [2.24, 2.45) is 0 Å². The maximum absolute atomic E-state index is 13.1. The minimum Gasteiger partial charge on any atom is -0.452 e. The van der Waals surface area contributed by atoms with E-state index in [1.165, 1.54) is 24.3 Å². The monoisotopic (exact) mass is 448 g/mol. The molecule has 0 bridgehead atoms. The van der Waals surface area contributed by atoms with Gasteiger partial charge in [-0.05, 0) is 37.6 Å². The summed E-state index contributed by atoms with van der Waals surface area (Å²) in [5, 5.41) is 4.70. The molecule has 0 aliphatic rings. The normalized spacial score (nSPS) is 11.1. The summed E-state index contributed by atoms with van der Waals surface area (Å²) >= 11 is 6.76. The van der Waals surface area contributed by atoms with Gasteiger partial charge in [-0.25, -0.2) is 4.79 Å². The molecular formula is C18H16ClF3N2O4S. The molecule has 6 nitrogen and oxygen atoms in total. The number of aryl methyl sites for hydroxylation is 1. The first-order valence-corrected chi connectivity index (χ1v) is 9.31. The largest absolute Gasteiger partial charge is 0.452 e. The van der Waals surface area contributed by atoms with Crippen molar-refractivity contribution in [1.82, 2.24) is 0 Å². The molecule has 1 aromatic carbocycles. The van der Waals surface area contributed by atoms with Crippen LogP contribution in [-0.2, 0) is 20.5 Å². The van der Waals surface area contributed by atoms with Crippen LogP contribution in [0, 0.1) is 13.8 Å². The fourth-order valence-electron chi connectivity index (χ4n) is 2.37. The maximum Gasteiger partial charge on any atom is 0.418 e. The zero-order valence-electron chi connectivity index (χ0n) is 15.5. The molecule has 0 fully saturated rings. The number of esters is 1. The molecule has 2 amide bonds. The van der Waals surface area contributed by atoms with E-state index in [0.717, 1.165) is 10.9 Å². The molecule has 0 aliphatic heterocycles. The second-order valence-electron chi connectivity index (χ2n) is 5.98. The topological polar surface area (TPSA) is 84.5 Å². The number of alkyl halides is 3. The summed E-state index contributed by atoms with van der Waals surface area (Å²) < 4.78 is 44.2. The van der Waals surface area contributed by atoms with Crippen LogP contribution in [0.5, 0.6) is 0 Å². The van der Waals surface area contributed by atoms with Crippen molar-refractivity contribution in [2.45, 2.75) is 26.9 Å². The summed E-state index contributed by atoms with van der Waals surface area (Å²) in [6.07, 6.45) is -4.73. The SMILES string of the molecule is CC(=O)Nc1sc(C)c(C)c1C(=O)OCC(=O)Nc1ccc(Cl)cc1C(F)(F)F. The van der Waals surface area contributed by atoms with Crippen molar-refractivity contribution in [1.29, 1.82) is 0 Å². The van der Waals surface area contributed by atoms with Crippen LogP contribution >= 0.6 is 22.9 Å². The average molecular weight is 449 g/mol. The van der Waals surface area contributed by atoms with E-state index in [1.807, 2.05) is 0 Å². The first-order valence-electron chi connectivity index (χ1n) is 8.11. The molecule has 1 aromatic heterocycles. The molecule has 2 N–H and O–H groups in total. The van der Waals surface area contributed by atoms with E-state index < -0.39 is 35.9 Å². The number of benzene rings is 1. The molecule has 0 spiro atoms. The predicted octanol–water partition coefficient (Wildman–Crippen LogP) is 4.79. The Morgan fingerprint density at radius 2 is 1.83 bits per heavy atom. The summed E-state index contributed by atoms with van der Waals surface area (Å²) in [4.78, 5) is 36.4. The third-order valence-electron chi connectivity index (χ3n) is 3.77. The molecule has 29 heavy (non-hydrogen) atoms. The number of thiophene rings is 1. The predicted molar refractivity (Wildman–Crippen MR) is 103 cm³/mol. The van der Waals surface area contributed by atoms with Gasteiger partial charge in [-0.2, -0.15) is 13.2 Å². The van der Waals surface area contributed by atoms with Gasteiger partial charge in [0.25, 0.3) is 5.91 Å². The summed E-state index contributed by atoms with van der Waals surface area (Å²) in [5.74, 6) is -2.23. The highest BCUT2D eigenvalue weighted by Crippen LogP contribution is 2.36. The lowest BCUT2D eigenvalue weighted by atomic mass is 10.1. The van der Waals surface area contributed by atoms with Crippen molar-refractivity contribution in [3.05, 3.63) is 44.8 Å². The lowest BCUT2D eigenvalue weighted by molar-refractivity contribution is -0.137. The van der Waals surface area contributed by atoms with E-state index in [1.54, 1.807) is 13.8 Å². The van der Waals surface area contributed by atoms with Gasteiger partial charge in [-0.3, -0.25) is 9.59 Å². The maximum atomic E-state index is 13.1. The van der Waals surface area contributed by atoms with Crippen molar-refractivity contribution < 1.29 is 32.3 Å². The molecular weight excluding hydrogens is 433 g/mol. The Kier molecular flexibility index (Phi) is 6.91. The van der Waals surface area contributed by atoms with E-state index >= 15 is 0 Å². The Balaban J connectivity index is 2.11. The van der Waals surface area contributed by atoms with Crippen LogP contribution in [0.3, 0.4) is 0 Å². The average Bonchev–Trinajstić information content (AvgIpc) is 2.86. The lowest BCUT2D eigenvalue weighted by Gasteiger charge is -2.14. The smallest absolute Gasteiger partial charge is 0.418 e. The van der Waals surface area contributed by atoms with E-state index in [4.69, 9.17) is 16.3 Å². The number of nitrogens with one attached hydrogen (secondary N) is 2. The van der Waals surface area contributed by atoms with Gasteiger partial charge in [0.2, 0.25) is 5.91 Å². The quantitative estimate of drug-likeness (QED) is 0.644. The van der Waals surface area contributed by atoms with Crippen LogP contribution < -0.4 is 10.6 Å². The van der Waals surface area contributed by atoms with Gasteiger partial charge in [0.05, 0.1) is 16.8 Å². The van der Waals surface area contributed by atoms with Crippen molar-refractivity contribution in [2.75, 3.05) is 17.2 Å². The lowest BCUT2D eigenvalue weighted by Crippen LogP contribution is -2.23. The highest BCUT2D eigenvalue weighted by molar-refractivity contribution is 7.16. The second-order valence-corrected chi connectivity index (χ2v) is 7.64. The number of halogens is 4. The van der Waals surface area contributed by atoms with Gasteiger partial charge < -0.3 is 15.4 Å². The first-order chi connectivity index (χ1) is 13.4. The Hall–Kier alpha value is -2.59. The highest BCUT2D eigenvalue weighted by atomic mass is 35.5. The molecule has 0 atom stereocenters. The van der Waals surface area contributed by atoms with Crippen LogP contribution in [0.15, 0.2) is 18.2 Å². The molecule has 156 valence electrons. The van der Waals surface area contributed by atoms with Gasteiger partial charge in [0, 0.05) is 16.8 Å². The first kappa shape index (κ1) is 22.7. The summed E-state index contributed by atoms with van der Waals surface area (Å²) in [6, 6.07) is 2.88. The van der Waals surface area contributed by atoms with E-state index in [0.29, 0.717) is 11.6 Å². The summed E-state index contributed by atoms with van der Waals surface area (Å²) in [7, 11) is 0. The Morgan fingerprint density at radius 3 is 2.41 bits per heavy atom. The van der Waals surface area contributed by atoms with Crippen molar-refractivity contribution >= 4 is 51.4 Å². The molecule has 0 saturated heterocycles. The number of hydrogen-bond acceptors (Lipinski definition) is 5. The molecule has 1 heterocycles. The van der Waals surface area contributed by atoms with Gasteiger partial charge in [-0.1, -0.05) is 11.6 Å². The Labute approximate surface area is 173 Å². The van der Waals surface area contributed by atoms with E-state index in [-0.39, 0.29) is 21.5 Å². The molecule has 0 radical (unpaired) electrons. The fraction of sp³-hybridized carbons (Fsp3) is 0.278. The number of amides is 2. The number of hydrogen-bond donors (Lipinski definition) is 2. The molecule has 0 unspecified atom stereocenters. The van der Waals surface area contributed by atoms with Crippen molar-refractivity contribution in [3.8, 4) is 0 Å². The Morgan fingerprint density at radius 1 is 1.17 bits per heavy atom. The van der Waals surface area contributed by atoms with E-state index in [9.17, 15) is 27.6 Å². The number of anilines is 2. The zero-order valence-corrected chi connectivity index (χ0v) is 17.1. The molecule has 2 rings (SSSR count). The highest BCUT2D eigenvalue weighted by Gasteiger charge is 2.34. The van der Waals surface area contributed by atoms with Crippen LogP contribution in [-0.4, -0.2) is 24.4 Å². The third kappa shape index (κ3) is 5.70. The van der Waals surface area contributed by atoms with Crippen LogP contribution in [0.2, 0.25) is 5.02 Å². The van der Waals surface area contributed by atoms with Gasteiger partial charge in [0.1, 0.15) is 5.00 Å². The molecule has 0 aliphatic carbocycles. The zero-order chi connectivity index (χ0) is 21.9. The standard InChI is InChI=1S/C18H16ClF3N2O4S/c1-8-9(2)29-16(23-10(3)25)15(8)17(27)28-7-14(26)24-13-5-4-11(19)6-12(13)18(20,21)22/h4-6H,7H2,1-3H3,(H,23,25)(H,24,26). The molecule has 2 aromatic rings. The summed E-state index contributed by atoms with van der Waals surface area (Å²) in [5.41, 5.74) is -0.967. The van der Waals surface area contributed by atoms with Gasteiger partial charge in [-0.15, -0.1) is 11.3 Å². The Bertz CT molecular complexity index is 973. The molecule has 11 heteroatoms. The van der Waals surface area contributed by atoms with Crippen LogP contribution in [0.1, 0.15) is 33.3 Å². The molecule has 0 saturated carbocycles. The van der Waals surface area contributed by atoms with Gasteiger partial charge >= 0.3 is 12.1 Å². The minimum atomic E-state index is -4.73. The van der Waals surface area contributed by atoms with Crippen molar-refractivity contribution in [3.63, 3.8) is 0 Å². The van der Waals surface area contributed by atoms with Crippen LogP contribution in [0.25, 0.3) is 0 Å². The van der Waals surface area contributed by atoms with Crippen LogP contribution in [0.4, 0.5) is 23.9 Å². The number of carbonyl (C=O) groups excluding carboxylic acids is 3. The van der Waals surface area contributed by atoms with Gasteiger partial charge in [0.15, 0.2) is 6.61 Å². The number of ether oxygens (including phenoxy) is 1. The van der Waals surface area contributed by atoms with E-state index in [2.05, 4.69) is 10.6 Å². The minimum absolute atomic E-state index is 0.0953. The number of rotatable bonds is 5. The fourth-order valence-corrected chi connectivity index (χ4v) is 3.64. The summed E-state index contributed by atoms with van der Waals surface area (Å²) in [6.45, 7) is 3.86. The number of carbonyl (C=O) groups is 3.